The highest BCUT2D eigenvalue weighted by atomic mass is 16.6. The average molecular weight is 186 g/mol. The van der Waals surface area contributed by atoms with Crippen LogP contribution in [-0.2, 0) is 4.74 Å². The van der Waals surface area contributed by atoms with Gasteiger partial charge in [0.05, 0.1) is 12.2 Å². The molecule has 1 rings (SSSR count). The van der Waals surface area contributed by atoms with Gasteiger partial charge in [-0.25, -0.2) is 0 Å². The van der Waals surface area contributed by atoms with Gasteiger partial charge >= 0.3 is 0 Å². The number of aliphatic hydroxyl groups excluding tert-OH is 1. The summed E-state index contributed by atoms with van der Waals surface area (Å²) in [6.45, 7) is 2.51. The standard InChI is InChI=1S/C11H22O2/c1-2-3-4-5-6-7-10-11(13-10)8-9-12/h10-12H,2-9H2,1H3. The van der Waals surface area contributed by atoms with Crippen LogP contribution in [-0.4, -0.2) is 23.9 Å². The van der Waals surface area contributed by atoms with Crippen molar-refractivity contribution < 1.29 is 9.84 Å². The van der Waals surface area contributed by atoms with Gasteiger partial charge in [-0.1, -0.05) is 39.0 Å². The van der Waals surface area contributed by atoms with E-state index in [9.17, 15) is 0 Å². The molecule has 0 aromatic carbocycles. The van der Waals surface area contributed by atoms with E-state index in [-0.39, 0.29) is 6.61 Å². The first-order valence-electron chi connectivity index (χ1n) is 5.64. The molecular weight excluding hydrogens is 164 g/mol. The van der Waals surface area contributed by atoms with Crippen LogP contribution in [0.4, 0.5) is 0 Å². The van der Waals surface area contributed by atoms with Crippen LogP contribution in [0.25, 0.3) is 0 Å². The fourth-order valence-corrected chi connectivity index (χ4v) is 1.76. The third kappa shape index (κ3) is 4.63. The van der Waals surface area contributed by atoms with Crippen molar-refractivity contribution in [2.24, 2.45) is 0 Å². The Morgan fingerprint density at radius 1 is 1.00 bits per heavy atom. The first kappa shape index (κ1) is 11.0. The molecule has 0 saturated carbocycles. The van der Waals surface area contributed by atoms with E-state index >= 15 is 0 Å². The largest absolute Gasteiger partial charge is 0.396 e. The molecule has 1 heterocycles. The molecule has 0 aromatic rings. The molecule has 0 aromatic heterocycles. The summed E-state index contributed by atoms with van der Waals surface area (Å²) >= 11 is 0. The second-order valence-corrected chi connectivity index (χ2v) is 3.93. The Kier molecular flexibility index (Phi) is 5.40. The zero-order valence-electron chi connectivity index (χ0n) is 8.67. The van der Waals surface area contributed by atoms with Gasteiger partial charge in [0.1, 0.15) is 0 Å². The lowest BCUT2D eigenvalue weighted by molar-refractivity contribution is 0.262. The van der Waals surface area contributed by atoms with Crippen LogP contribution in [0.2, 0.25) is 0 Å². The fraction of sp³-hybridized carbons (Fsp3) is 1.00. The van der Waals surface area contributed by atoms with Gasteiger partial charge in [0, 0.05) is 6.61 Å². The second kappa shape index (κ2) is 6.39. The van der Waals surface area contributed by atoms with E-state index in [4.69, 9.17) is 9.84 Å². The van der Waals surface area contributed by atoms with Crippen LogP contribution in [0.1, 0.15) is 51.9 Å². The molecule has 0 spiro atoms. The molecule has 2 atom stereocenters. The summed E-state index contributed by atoms with van der Waals surface area (Å²) in [4.78, 5) is 0. The highest BCUT2D eigenvalue weighted by molar-refractivity contribution is 4.83. The summed E-state index contributed by atoms with van der Waals surface area (Å²) in [5, 5.41) is 8.66. The Labute approximate surface area is 81.3 Å². The summed E-state index contributed by atoms with van der Waals surface area (Å²) in [5.74, 6) is 0. The maximum Gasteiger partial charge on any atom is 0.0863 e. The van der Waals surface area contributed by atoms with E-state index in [0.717, 1.165) is 6.42 Å². The van der Waals surface area contributed by atoms with Crippen molar-refractivity contribution >= 4 is 0 Å². The minimum Gasteiger partial charge on any atom is -0.396 e. The van der Waals surface area contributed by atoms with Gasteiger partial charge < -0.3 is 9.84 Å². The zero-order chi connectivity index (χ0) is 9.52. The monoisotopic (exact) mass is 186 g/mol. The van der Waals surface area contributed by atoms with Gasteiger partial charge in [-0.3, -0.25) is 0 Å². The Bertz CT molecular complexity index is 125. The summed E-state index contributed by atoms with van der Waals surface area (Å²) < 4.78 is 5.40. The number of unbranched alkanes of at least 4 members (excludes halogenated alkanes) is 4. The van der Waals surface area contributed by atoms with Crippen molar-refractivity contribution in [1.29, 1.82) is 0 Å². The highest BCUT2D eigenvalue weighted by Gasteiger charge is 2.36. The van der Waals surface area contributed by atoms with Crippen molar-refractivity contribution in [3.05, 3.63) is 0 Å². The lowest BCUT2D eigenvalue weighted by atomic mass is 10.1. The summed E-state index contributed by atoms with van der Waals surface area (Å²) in [5.41, 5.74) is 0. The lowest BCUT2D eigenvalue weighted by Crippen LogP contribution is -1.96. The molecule has 0 aliphatic carbocycles. The summed E-state index contributed by atoms with van der Waals surface area (Å²) in [6.07, 6.45) is 9.59. The van der Waals surface area contributed by atoms with Crippen LogP contribution in [0, 0.1) is 0 Å². The third-order valence-corrected chi connectivity index (χ3v) is 2.69. The molecule has 13 heavy (non-hydrogen) atoms. The first-order chi connectivity index (χ1) is 6.38. The van der Waals surface area contributed by atoms with Crippen LogP contribution >= 0.6 is 0 Å². The van der Waals surface area contributed by atoms with Crippen LogP contribution in [0.3, 0.4) is 0 Å². The molecule has 1 N–H and O–H groups in total. The first-order valence-corrected chi connectivity index (χ1v) is 5.64. The van der Waals surface area contributed by atoms with Crippen LogP contribution in [0.15, 0.2) is 0 Å². The van der Waals surface area contributed by atoms with E-state index in [0.29, 0.717) is 12.2 Å². The molecule has 0 radical (unpaired) electrons. The molecule has 2 nitrogen and oxygen atoms in total. The van der Waals surface area contributed by atoms with E-state index in [1.54, 1.807) is 0 Å². The molecule has 0 bridgehead atoms. The Balaban J connectivity index is 1.80. The second-order valence-electron chi connectivity index (χ2n) is 3.93. The average Bonchev–Trinajstić information content (AvgIpc) is 2.84. The van der Waals surface area contributed by atoms with Gasteiger partial charge in [-0.05, 0) is 12.8 Å². The topological polar surface area (TPSA) is 32.8 Å². The number of hydrogen-bond donors (Lipinski definition) is 1. The summed E-state index contributed by atoms with van der Waals surface area (Å²) in [6, 6.07) is 0. The van der Waals surface area contributed by atoms with Crippen molar-refractivity contribution in [1.82, 2.24) is 0 Å². The molecule has 78 valence electrons. The lowest BCUT2D eigenvalue weighted by Gasteiger charge is -1.97. The van der Waals surface area contributed by atoms with Gasteiger partial charge in [0.2, 0.25) is 0 Å². The number of hydrogen-bond acceptors (Lipinski definition) is 2. The van der Waals surface area contributed by atoms with E-state index in [1.165, 1.54) is 38.5 Å². The number of aliphatic hydroxyl groups is 1. The molecule has 2 unspecified atom stereocenters. The van der Waals surface area contributed by atoms with Crippen LogP contribution in [0.5, 0.6) is 0 Å². The van der Waals surface area contributed by atoms with Crippen LogP contribution < -0.4 is 0 Å². The Hall–Kier alpha value is -0.0800. The van der Waals surface area contributed by atoms with Crippen molar-refractivity contribution in [2.75, 3.05) is 6.61 Å². The van der Waals surface area contributed by atoms with Crippen molar-refractivity contribution in [2.45, 2.75) is 64.1 Å². The van der Waals surface area contributed by atoms with E-state index < -0.39 is 0 Å². The minimum absolute atomic E-state index is 0.275. The van der Waals surface area contributed by atoms with Gasteiger partial charge in [0.15, 0.2) is 0 Å². The third-order valence-electron chi connectivity index (χ3n) is 2.69. The Morgan fingerprint density at radius 2 is 1.69 bits per heavy atom. The molecule has 2 heteroatoms. The molecule has 1 aliphatic rings. The number of rotatable bonds is 8. The highest BCUT2D eigenvalue weighted by Crippen LogP contribution is 2.29. The quantitative estimate of drug-likeness (QED) is 0.466. The predicted octanol–water partition coefficient (Wildman–Crippen LogP) is 2.50. The predicted molar refractivity (Wildman–Crippen MR) is 53.7 cm³/mol. The van der Waals surface area contributed by atoms with Gasteiger partial charge in [-0.2, -0.15) is 0 Å². The van der Waals surface area contributed by atoms with E-state index in [2.05, 4.69) is 6.92 Å². The normalized spacial score (nSPS) is 26.3. The molecule has 1 fully saturated rings. The smallest absolute Gasteiger partial charge is 0.0863 e. The number of epoxide rings is 1. The molecule has 0 amide bonds. The maximum atomic E-state index is 8.66. The van der Waals surface area contributed by atoms with Gasteiger partial charge in [-0.15, -0.1) is 0 Å². The van der Waals surface area contributed by atoms with Crippen molar-refractivity contribution in [3.8, 4) is 0 Å². The molecular formula is C11H22O2. The SMILES string of the molecule is CCCCCCCC1OC1CCO. The molecule has 1 saturated heterocycles. The van der Waals surface area contributed by atoms with Gasteiger partial charge in [0.25, 0.3) is 0 Å². The summed E-state index contributed by atoms with van der Waals surface area (Å²) in [7, 11) is 0. The Morgan fingerprint density at radius 3 is 2.38 bits per heavy atom. The van der Waals surface area contributed by atoms with E-state index in [1.807, 2.05) is 0 Å². The van der Waals surface area contributed by atoms with Crippen molar-refractivity contribution in [3.63, 3.8) is 0 Å². The number of ether oxygens (including phenoxy) is 1. The zero-order valence-corrected chi connectivity index (χ0v) is 8.67. The fourth-order valence-electron chi connectivity index (χ4n) is 1.76. The molecule has 1 aliphatic heterocycles. The minimum atomic E-state index is 0.275. The maximum absolute atomic E-state index is 8.66.